The number of aliphatic hydroxyl groups is 1. The second-order valence-electron chi connectivity index (χ2n) is 10.4. The monoisotopic (exact) mass is 476 g/mol. The summed E-state index contributed by atoms with van der Waals surface area (Å²) in [5.41, 5.74) is 7.71. The summed E-state index contributed by atoms with van der Waals surface area (Å²) in [6.07, 6.45) is 5.49. The van der Waals surface area contributed by atoms with Crippen LogP contribution in [0.5, 0.6) is 0 Å². The van der Waals surface area contributed by atoms with Gasteiger partial charge in [-0.3, -0.25) is 0 Å². The van der Waals surface area contributed by atoms with Crippen LogP contribution in [0.2, 0.25) is 0 Å². The normalized spacial score (nSPS) is 12.5. The van der Waals surface area contributed by atoms with E-state index < -0.39 is 0 Å². The number of hydrogen-bond donors (Lipinski definition) is 1. The summed E-state index contributed by atoms with van der Waals surface area (Å²) in [6.45, 7) is 15.3. The molecule has 0 saturated heterocycles. The van der Waals surface area contributed by atoms with Crippen molar-refractivity contribution in [1.82, 2.24) is 0 Å². The molecule has 3 rings (SSSR count). The van der Waals surface area contributed by atoms with Gasteiger partial charge in [-0.05, 0) is 84.9 Å². The molecule has 1 heterocycles. The summed E-state index contributed by atoms with van der Waals surface area (Å²) in [6, 6.07) is 17.8. The lowest BCUT2D eigenvalue weighted by molar-refractivity contribution is -0.191. The lowest BCUT2D eigenvalue weighted by Crippen LogP contribution is -2.27. The van der Waals surface area contributed by atoms with Crippen LogP contribution in [0.25, 0.3) is 11.3 Å². The van der Waals surface area contributed by atoms with Gasteiger partial charge in [-0.1, -0.05) is 71.0 Å². The Bertz CT molecular complexity index is 1110. The van der Waals surface area contributed by atoms with Gasteiger partial charge in [0.2, 0.25) is 0 Å². The van der Waals surface area contributed by atoms with Crippen LogP contribution in [0.15, 0.2) is 59.2 Å². The fraction of sp³-hybridized carbons (Fsp3) is 0.452. The van der Waals surface area contributed by atoms with Gasteiger partial charge in [0.25, 0.3) is 0 Å². The maximum Gasteiger partial charge on any atom is 0.373 e. The molecule has 0 radical (unpaired) electrons. The van der Waals surface area contributed by atoms with Crippen molar-refractivity contribution in [3.63, 3.8) is 0 Å². The van der Waals surface area contributed by atoms with Crippen LogP contribution < -0.4 is 0 Å². The van der Waals surface area contributed by atoms with E-state index in [2.05, 4.69) is 84.9 Å². The molecule has 0 aliphatic rings. The number of hydrogen-bond acceptors (Lipinski definition) is 4. The molecule has 1 unspecified atom stereocenters. The summed E-state index contributed by atoms with van der Waals surface area (Å²) in [5, 5.41) is 10.5. The standard InChI is InChI=1S/C30H40O2.CO2/c1-8-30(9-2,25-15-16-26(22(4)20-25)27-11-10-18-32-27)24-14-12-23(21(3)19-24)13-17-28(31)29(5,6)7;2-1-3/h10-12,14-16,18-20,28,31H,8-9,13,17H2,1-7H3;. The molecule has 2 aromatic carbocycles. The fourth-order valence-corrected chi connectivity index (χ4v) is 4.90. The van der Waals surface area contributed by atoms with Gasteiger partial charge in [-0.2, -0.15) is 9.59 Å². The summed E-state index contributed by atoms with van der Waals surface area (Å²) in [7, 11) is 0. The van der Waals surface area contributed by atoms with E-state index in [-0.39, 0.29) is 23.1 Å². The molecule has 35 heavy (non-hydrogen) atoms. The highest BCUT2D eigenvalue weighted by atomic mass is 16.3. The third kappa shape index (κ3) is 6.60. The van der Waals surface area contributed by atoms with E-state index in [0.29, 0.717) is 0 Å². The predicted molar refractivity (Wildman–Crippen MR) is 140 cm³/mol. The zero-order chi connectivity index (χ0) is 26.2. The van der Waals surface area contributed by atoms with E-state index in [1.807, 2.05) is 12.1 Å². The molecule has 0 saturated carbocycles. The summed E-state index contributed by atoms with van der Waals surface area (Å²) < 4.78 is 5.63. The van der Waals surface area contributed by atoms with Crippen LogP contribution in [0, 0.1) is 19.3 Å². The van der Waals surface area contributed by atoms with Crippen molar-refractivity contribution >= 4 is 6.15 Å². The lowest BCUT2D eigenvalue weighted by atomic mass is 9.69. The van der Waals surface area contributed by atoms with Crippen molar-refractivity contribution < 1.29 is 19.1 Å². The van der Waals surface area contributed by atoms with Gasteiger partial charge in [-0.25, -0.2) is 0 Å². The molecule has 0 aliphatic heterocycles. The van der Waals surface area contributed by atoms with E-state index in [1.165, 1.54) is 27.8 Å². The Kier molecular flexibility index (Phi) is 9.82. The Hall–Kier alpha value is -2.94. The molecule has 188 valence electrons. The first-order valence-electron chi connectivity index (χ1n) is 12.5. The number of carbonyl (C=O) groups excluding carboxylic acids is 2. The number of benzene rings is 2. The second kappa shape index (κ2) is 12.2. The number of aryl methyl sites for hydroxylation is 3. The van der Waals surface area contributed by atoms with Crippen LogP contribution in [0.3, 0.4) is 0 Å². The molecule has 0 amide bonds. The number of rotatable bonds is 8. The fourth-order valence-electron chi connectivity index (χ4n) is 4.90. The average Bonchev–Trinajstić information content (AvgIpc) is 3.34. The minimum atomic E-state index is -0.289. The van der Waals surface area contributed by atoms with Crippen molar-refractivity contribution in [3.05, 3.63) is 82.6 Å². The van der Waals surface area contributed by atoms with Crippen LogP contribution in [-0.4, -0.2) is 17.4 Å². The molecule has 1 aromatic heterocycles. The second-order valence-corrected chi connectivity index (χ2v) is 10.4. The smallest absolute Gasteiger partial charge is 0.373 e. The number of aliphatic hydroxyl groups excluding tert-OH is 1. The van der Waals surface area contributed by atoms with Crippen LogP contribution in [-0.2, 0) is 21.4 Å². The van der Waals surface area contributed by atoms with Crippen molar-refractivity contribution in [2.75, 3.05) is 0 Å². The Labute approximate surface area is 210 Å². The van der Waals surface area contributed by atoms with Gasteiger partial charge in [0.05, 0.1) is 12.4 Å². The first-order valence-corrected chi connectivity index (χ1v) is 12.5. The molecule has 0 aliphatic carbocycles. The van der Waals surface area contributed by atoms with Crippen molar-refractivity contribution in [2.45, 2.75) is 85.7 Å². The van der Waals surface area contributed by atoms with E-state index in [9.17, 15) is 5.11 Å². The summed E-state index contributed by atoms with van der Waals surface area (Å²) in [4.78, 5) is 16.2. The van der Waals surface area contributed by atoms with Gasteiger partial charge < -0.3 is 9.52 Å². The first-order chi connectivity index (χ1) is 16.5. The summed E-state index contributed by atoms with van der Waals surface area (Å²) >= 11 is 0. The molecule has 4 nitrogen and oxygen atoms in total. The highest BCUT2D eigenvalue weighted by Gasteiger charge is 2.31. The molecule has 0 fully saturated rings. The van der Waals surface area contributed by atoms with Gasteiger partial charge in [0, 0.05) is 11.0 Å². The Morgan fingerprint density at radius 2 is 1.49 bits per heavy atom. The van der Waals surface area contributed by atoms with Crippen LogP contribution in [0.4, 0.5) is 0 Å². The first kappa shape index (κ1) is 28.3. The number of furan rings is 1. The molecule has 0 bridgehead atoms. The molecular formula is C31H40O4. The molecule has 3 aromatic rings. The minimum Gasteiger partial charge on any atom is -0.464 e. The molecule has 1 N–H and O–H groups in total. The van der Waals surface area contributed by atoms with Crippen LogP contribution >= 0.6 is 0 Å². The Morgan fingerprint density at radius 3 is 1.94 bits per heavy atom. The van der Waals surface area contributed by atoms with E-state index in [1.54, 1.807) is 6.26 Å². The van der Waals surface area contributed by atoms with E-state index in [4.69, 9.17) is 14.0 Å². The van der Waals surface area contributed by atoms with Gasteiger partial charge in [0.15, 0.2) is 0 Å². The summed E-state index contributed by atoms with van der Waals surface area (Å²) in [5.74, 6) is 0.922. The highest BCUT2D eigenvalue weighted by molar-refractivity contribution is 5.63. The van der Waals surface area contributed by atoms with Crippen molar-refractivity contribution in [2.24, 2.45) is 5.41 Å². The van der Waals surface area contributed by atoms with E-state index >= 15 is 0 Å². The minimum absolute atomic E-state index is 0.0132. The maximum atomic E-state index is 10.5. The van der Waals surface area contributed by atoms with Crippen molar-refractivity contribution in [3.8, 4) is 11.3 Å². The third-order valence-corrected chi connectivity index (χ3v) is 7.35. The zero-order valence-corrected chi connectivity index (χ0v) is 22.3. The van der Waals surface area contributed by atoms with Gasteiger partial charge >= 0.3 is 6.15 Å². The van der Waals surface area contributed by atoms with E-state index in [0.717, 1.165) is 37.0 Å². The Morgan fingerprint density at radius 1 is 0.914 bits per heavy atom. The zero-order valence-electron chi connectivity index (χ0n) is 22.3. The average molecular weight is 477 g/mol. The third-order valence-electron chi connectivity index (χ3n) is 7.35. The van der Waals surface area contributed by atoms with Gasteiger partial charge in [-0.15, -0.1) is 0 Å². The highest BCUT2D eigenvalue weighted by Crippen LogP contribution is 2.41. The largest absolute Gasteiger partial charge is 0.464 e. The molecule has 1 atom stereocenters. The molecule has 0 spiro atoms. The quantitative estimate of drug-likeness (QED) is 0.367. The SMILES string of the molecule is CCC(CC)(c1ccc(CCC(O)C(C)(C)C)c(C)c1)c1ccc(-c2ccco2)c(C)c1.O=C=O. The molecular weight excluding hydrogens is 436 g/mol. The van der Waals surface area contributed by atoms with Crippen molar-refractivity contribution in [1.29, 1.82) is 0 Å². The Balaban J connectivity index is 0.00000137. The maximum absolute atomic E-state index is 10.5. The van der Waals surface area contributed by atoms with Crippen LogP contribution in [0.1, 0.15) is 81.7 Å². The topological polar surface area (TPSA) is 67.5 Å². The van der Waals surface area contributed by atoms with Gasteiger partial charge in [0.1, 0.15) is 5.76 Å². The lowest BCUT2D eigenvalue weighted by Gasteiger charge is -2.34. The predicted octanol–water partition coefficient (Wildman–Crippen LogP) is 7.43. The molecule has 4 heteroatoms.